The van der Waals surface area contributed by atoms with Gasteiger partial charge >= 0.3 is 0 Å². The van der Waals surface area contributed by atoms with Crippen molar-refractivity contribution >= 4 is 17.4 Å². The second-order valence-corrected chi connectivity index (χ2v) is 7.48. The number of rotatable bonds is 6. The van der Waals surface area contributed by atoms with Gasteiger partial charge in [-0.1, -0.05) is 30.2 Å². The van der Waals surface area contributed by atoms with Crippen molar-refractivity contribution in [3.8, 4) is 22.6 Å². The van der Waals surface area contributed by atoms with Crippen LogP contribution in [0.25, 0.3) is 22.6 Å². The quantitative estimate of drug-likeness (QED) is 0.654. The summed E-state index contributed by atoms with van der Waals surface area (Å²) in [6.45, 7) is 4.29. The lowest BCUT2D eigenvalue weighted by molar-refractivity contribution is 0.237. The monoisotopic (exact) mass is 393 g/mol. The van der Waals surface area contributed by atoms with E-state index in [-0.39, 0.29) is 0 Å². The summed E-state index contributed by atoms with van der Waals surface area (Å²) in [6.07, 6.45) is 7.51. The fourth-order valence-electron chi connectivity index (χ4n) is 3.46. The standard InChI is InChI=1S/C22H24ClN5/c23-19-8-6-17(7-9-19)20-15-21(25-11-14-28-12-2-1-3-13-28)27-22(26-20)18-5-4-10-24-16-18/h4-10,15-16H,1-3,11-14H2,(H,25,26,27). The Balaban J connectivity index is 1.57. The lowest BCUT2D eigenvalue weighted by Crippen LogP contribution is -2.33. The highest BCUT2D eigenvalue weighted by Crippen LogP contribution is 2.25. The van der Waals surface area contributed by atoms with E-state index >= 15 is 0 Å². The second kappa shape index (κ2) is 9.13. The predicted molar refractivity (Wildman–Crippen MR) is 114 cm³/mol. The largest absolute Gasteiger partial charge is 0.369 e. The third kappa shape index (κ3) is 4.86. The zero-order chi connectivity index (χ0) is 19.2. The number of hydrogen-bond donors (Lipinski definition) is 1. The van der Waals surface area contributed by atoms with Gasteiger partial charge in [-0.25, -0.2) is 9.97 Å². The Morgan fingerprint density at radius 1 is 0.964 bits per heavy atom. The molecular weight excluding hydrogens is 370 g/mol. The number of anilines is 1. The van der Waals surface area contributed by atoms with Gasteiger partial charge in [-0.05, 0) is 50.2 Å². The van der Waals surface area contributed by atoms with Crippen LogP contribution >= 0.6 is 11.6 Å². The maximum atomic E-state index is 6.04. The van der Waals surface area contributed by atoms with E-state index in [9.17, 15) is 0 Å². The predicted octanol–water partition coefficient (Wildman–Crippen LogP) is 4.76. The molecule has 0 atom stereocenters. The van der Waals surface area contributed by atoms with Gasteiger partial charge in [0, 0.05) is 47.7 Å². The average Bonchev–Trinajstić information content (AvgIpc) is 2.75. The first kappa shape index (κ1) is 18.8. The molecule has 2 aromatic heterocycles. The number of aromatic nitrogens is 3. The Morgan fingerprint density at radius 3 is 2.54 bits per heavy atom. The van der Waals surface area contributed by atoms with Crippen LogP contribution in [0.5, 0.6) is 0 Å². The zero-order valence-electron chi connectivity index (χ0n) is 15.8. The van der Waals surface area contributed by atoms with Crippen molar-refractivity contribution in [2.75, 3.05) is 31.5 Å². The highest BCUT2D eigenvalue weighted by atomic mass is 35.5. The molecule has 3 aromatic rings. The van der Waals surface area contributed by atoms with Gasteiger partial charge in [0.25, 0.3) is 0 Å². The Hall–Kier alpha value is -2.50. The van der Waals surface area contributed by atoms with Crippen LogP contribution in [0.1, 0.15) is 19.3 Å². The molecule has 6 heteroatoms. The smallest absolute Gasteiger partial charge is 0.163 e. The van der Waals surface area contributed by atoms with Crippen LogP contribution < -0.4 is 5.32 Å². The van der Waals surface area contributed by atoms with Crippen LogP contribution in [0.4, 0.5) is 5.82 Å². The van der Waals surface area contributed by atoms with Gasteiger partial charge in [0.2, 0.25) is 0 Å². The first-order valence-corrected chi connectivity index (χ1v) is 10.2. The number of nitrogens with one attached hydrogen (secondary N) is 1. The first-order valence-electron chi connectivity index (χ1n) is 9.79. The molecule has 1 saturated heterocycles. The Labute approximate surface area is 170 Å². The van der Waals surface area contributed by atoms with E-state index < -0.39 is 0 Å². The van der Waals surface area contributed by atoms with Crippen LogP contribution in [0, 0.1) is 0 Å². The third-order valence-electron chi connectivity index (χ3n) is 4.97. The lowest BCUT2D eigenvalue weighted by Gasteiger charge is -2.26. The van der Waals surface area contributed by atoms with Crippen molar-refractivity contribution in [1.82, 2.24) is 19.9 Å². The van der Waals surface area contributed by atoms with E-state index in [1.54, 1.807) is 12.4 Å². The molecule has 0 amide bonds. The van der Waals surface area contributed by atoms with Gasteiger partial charge in [0.1, 0.15) is 5.82 Å². The molecule has 0 unspecified atom stereocenters. The minimum Gasteiger partial charge on any atom is -0.369 e. The number of piperidine rings is 1. The molecular formula is C22H24ClN5. The summed E-state index contributed by atoms with van der Waals surface area (Å²) in [7, 11) is 0. The summed E-state index contributed by atoms with van der Waals surface area (Å²) in [5.74, 6) is 1.50. The van der Waals surface area contributed by atoms with Crippen LogP contribution in [0.2, 0.25) is 5.02 Å². The molecule has 144 valence electrons. The molecule has 0 bridgehead atoms. The number of halogens is 1. The van der Waals surface area contributed by atoms with Gasteiger partial charge in [0.05, 0.1) is 5.69 Å². The van der Waals surface area contributed by atoms with Crippen molar-refractivity contribution < 1.29 is 0 Å². The zero-order valence-corrected chi connectivity index (χ0v) is 16.6. The fourth-order valence-corrected chi connectivity index (χ4v) is 3.58. The van der Waals surface area contributed by atoms with Gasteiger partial charge in [-0.3, -0.25) is 4.98 Å². The summed E-state index contributed by atoms with van der Waals surface area (Å²) in [4.78, 5) is 16.2. The number of likely N-dealkylation sites (tertiary alicyclic amines) is 1. The molecule has 0 aliphatic carbocycles. The van der Waals surface area contributed by atoms with Crippen LogP contribution in [-0.4, -0.2) is 46.0 Å². The highest BCUT2D eigenvalue weighted by Gasteiger charge is 2.11. The van der Waals surface area contributed by atoms with E-state index in [0.29, 0.717) is 10.8 Å². The number of nitrogens with zero attached hydrogens (tertiary/aromatic N) is 4. The summed E-state index contributed by atoms with van der Waals surface area (Å²) in [6, 6.07) is 13.6. The first-order chi connectivity index (χ1) is 13.8. The normalized spacial score (nSPS) is 14.8. The molecule has 0 spiro atoms. The third-order valence-corrected chi connectivity index (χ3v) is 5.22. The Bertz CT molecular complexity index is 893. The molecule has 1 fully saturated rings. The van der Waals surface area contributed by atoms with E-state index in [1.165, 1.54) is 32.4 Å². The topological polar surface area (TPSA) is 53.9 Å². The van der Waals surface area contributed by atoms with Crippen molar-refractivity contribution in [2.45, 2.75) is 19.3 Å². The number of pyridine rings is 1. The van der Waals surface area contributed by atoms with Crippen molar-refractivity contribution in [1.29, 1.82) is 0 Å². The molecule has 1 N–H and O–H groups in total. The summed E-state index contributed by atoms with van der Waals surface area (Å²) in [5, 5.41) is 4.20. The molecule has 1 aliphatic rings. The SMILES string of the molecule is Clc1ccc(-c2cc(NCCN3CCCCC3)nc(-c3cccnc3)n2)cc1. The lowest BCUT2D eigenvalue weighted by atomic mass is 10.1. The average molecular weight is 394 g/mol. The number of hydrogen-bond acceptors (Lipinski definition) is 5. The van der Waals surface area contributed by atoms with E-state index in [0.717, 1.165) is 35.7 Å². The molecule has 3 heterocycles. The molecule has 1 aromatic carbocycles. The van der Waals surface area contributed by atoms with Gasteiger partial charge in [0.15, 0.2) is 5.82 Å². The maximum absolute atomic E-state index is 6.04. The fraction of sp³-hybridized carbons (Fsp3) is 0.318. The molecule has 0 radical (unpaired) electrons. The highest BCUT2D eigenvalue weighted by molar-refractivity contribution is 6.30. The van der Waals surface area contributed by atoms with Gasteiger partial charge in [-0.15, -0.1) is 0 Å². The molecule has 4 rings (SSSR count). The van der Waals surface area contributed by atoms with Crippen molar-refractivity contribution in [2.24, 2.45) is 0 Å². The minimum absolute atomic E-state index is 0.668. The molecule has 1 aliphatic heterocycles. The van der Waals surface area contributed by atoms with Crippen LogP contribution in [0.15, 0.2) is 54.9 Å². The van der Waals surface area contributed by atoms with E-state index in [4.69, 9.17) is 21.6 Å². The van der Waals surface area contributed by atoms with Crippen molar-refractivity contribution in [3.05, 3.63) is 59.9 Å². The van der Waals surface area contributed by atoms with E-state index in [1.807, 2.05) is 42.5 Å². The van der Waals surface area contributed by atoms with Crippen molar-refractivity contribution in [3.63, 3.8) is 0 Å². The van der Waals surface area contributed by atoms with E-state index in [2.05, 4.69) is 15.2 Å². The Morgan fingerprint density at radius 2 is 1.79 bits per heavy atom. The van der Waals surface area contributed by atoms with Gasteiger partial charge < -0.3 is 10.2 Å². The molecule has 28 heavy (non-hydrogen) atoms. The summed E-state index contributed by atoms with van der Waals surface area (Å²) >= 11 is 6.04. The minimum atomic E-state index is 0.668. The second-order valence-electron chi connectivity index (χ2n) is 7.04. The Kier molecular flexibility index (Phi) is 6.14. The maximum Gasteiger partial charge on any atom is 0.163 e. The van der Waals surface area contributed by atoms with Gasteiger partial charge in [-0.2, -0.15) is 0 Å². The summed E-state index contributed by atoms with van der Waals surface area (Å²) < 4.78 is 0. The molecule has 5 nitrogen and oxygen atoms in total. The van der Waals surface area contributed by atoms with Crippen LogP contribution in [0.3, 0.4) is 0 Å². The number of benzene rings is 1. The van der Waals surface area contributed by atoms with Crippen LogP contribution in [-0.2, 0) is 0 Å². The summed E-state index contributed by atoms with van der Waals surface area (Å²) in [5.41, 5.74) is 2.78. The molecule has 0 saturated carbocycles.